The number of pyridine rings is 1. The lowest BCUT2D eigenvalue weighted by Gasteiger charge is -2.21. The van der Waals surface area contributed by atoms with Crippen molar-refractivity contribution in [1.29, 1.82) is 0 Å². The monoisotopic (exact) mass is 324 g/mol. The van der Waals surface area contributed by atoms with E-state index in [-0.39, 0.29) is 12.5 Å². The molecule has 0 unspecified atom stereocenters. The molecule has 2 aromatic heterocycles. The van der Waals surface area contributed by atoms with E-state index >= 15 is 0 Å². The van der Waals surface area contributed by atoms with Crippen LogP contribution >= 0.6 is 11.3 Å². The Morgan fingerprint density at radius 2 is 1.87 bits per heavy atom. The van der Waals surface area contributed by atoms with Gasteiger partial charge in [-0.3, -0.25) is 9.69 Å². The van der Waals surface area contributed by atoms with Crippen molar-refractivity contribution in [2.45, 2.75) is 6.54 Å². The van der Waals surface area contributed by atoms with Crippen LogP contribution in [0.25, 0.3) is 0 Å². The number of rotatable bonds is 6. The molecule has 4 nitrogen and oxygen atoms in total. The molecule has 0 radical (unpaired) electrons. The summed E-state index contributed by atoms with van der Waals surface area (Å²) in [6.45, 7) is 0.470. The average molecular weight is 324 g/mol. The molecule has 3 aromatic rings. The van der Waals surface area contributed by atoms with Crippen LogP contribution in [0.4, 0.5) is 5.82 Å². The van der Waals surface area contributed by atoms with Crippen LogP contribution < -0.4 is 9.64 Å². The lowest BCUT2D eigenvalue weighted by molar-refractivity contribution is -0.120. The number of carbonyl (C=O) groups excluding carboxylic acids is 1. The van der Waals surface area contributed by atoms with Gasteiger partial charge in [-0.2, -0.15) is 0 Å². The highest BCUT2D eigenvalue weighted by molar-refractivity contribution is 7.09. The minimum Gasteiger partial charge on any atom is -0.484 e. The second-order valence-electron chi connectivity index (χ2n) is 4.85. The minimum atomic E-state index is -0.124. The van der Waals surface area contributed by atoms with Gasteiger partial charge in [0.05, 0.1) is 6.54 Å². The highest BCUT2D eigenvalue weighted by Crippen LogP contribution is 2.18. The molecule has 1 amide bonds. The fourth-order valence-corrected chi connectivity index (χ4v) is 2.80. The van der Waals surface area contributed by atoms with Crippen LogP contribution in [0.15, 0.2) is 72.2 Å². The number of thiophene rings is 1. The van der Waals surface area contributed by atoms with Gasteiger partial charge in [-0.25, -0.2) is 4.98 Å². The molecule has 0 N–H and O–H groups in total. The quantitative estimate of drug-likeness (QED) is 0.693. The van der Waals surface area contributed by atoms with Gasteiger partial charge in [0.2, 0.25) is 0 Å². The SMILES string of the molecule is O=C(COc1ccccc1)N(Cc1cccs1)c1ccccn1. The number of aromatic nitrogens is 1. The van der Waals surface area contributed by atoms with Crippen molar-refractivity contribution < 1.29 is 9.53 Å². The summed E-state index contributed by atoms with van der Waals surface area (Å²) in [6, 6.07) is 18.8. The number of benzene rings is 1. The van der Waals surface area contributed by atoms with Gasteiger partial charge >= 0.3 is 0 Å². The predicted octanol–water partition coefficient (Wildman–Crippen LogP) is 3.76. The van der Waals surface area contributed by atoms with Gasteiger partial charge in [-0.05, 0) is 35.7 Å². The Balaban J connectivity index is 1.73. The zero-order chi connectivity index (χ0) is 15.9. The number of anilines is 1. The van der Waals surface area contributed by atoms with E-state index < -0.39 is 0 Å². The van der Waals surface area contributed by atoms with E-state index in [1.165, 1.54) is 0 Å². The molecule has 0 fully saturated rings. The minimum absolute atomic E-state index is 0.0219. The Morgan fingerprint density at radius 3 is 2.57 bits per heavy atom. The molecule has 0 saturated heterocycles. The molecule has 0 spiro atoms. The first-order valence-corrected chi connectivity index (χ1v) is 8.12. The zero-order valence-electron chi connectivity index (χ0n) is 12.5. The molecular weight excluding hydrogens is 308 g/mol. The van der Waals surface area contributed by atoms with Crippen molar-refractivity contribution in [3.63, 3.8) is 0 Å². The third-order valence-electron chi connectivity index (χ3n) is 3.23. The Bertz CT molecular complexity index is 730. The van der Waals surface area contributed by atoms with E-state index in [0.29, 0.717) is 18.1 Å². The van der Waals surface area contributed by atoms with Crippen molar-refractivity contribution >= 4 is 23.1 Å². The first-order valence-electron chi connectivity index (χ1n) is 7.24. The summed E-state index contributed by atoms with van der Waals surface area (Å²) in [5.74, 6) is 1.18. The zero-order valence-corrected chi connectivity index (χ0v) is 13.3. The number of para-hydroxylation sites is 1. The summed E-state index contributed by atoms with van der Waals surface area (Å²) in [4.78, 5) is 19.6. The van der Waals surface area contributed by atoms with Gasteiger partial charge in [0.25, 0.3) is 5.91 Å². The first-order chi connectivity index (χ1) is 11.3. The number of hydrogen-bond acceptors (Lipinski definition) is 4. The Labute approximate surface area is 139 Å². The van der Waals surface area contributed by atoms with Gasteiger partial charge < -0.3 is 4.74 Å². The average Bonchev–Trinajstić information content (AvgIpc) is 3.12. The van der Waals surface area contributed by atoms with Crippen LogP contribution in [0.3, 0.4) is 0 Å². The Morgan fingerprint density at radius 1 is 1.04 bits per heavy atom. The molecule has 0 bridgehead atoms. The maximum absolute atomic E-state index is 12.6. The fraction of sp³-hybridized carbons (Fsp3) is 0.111. The second kappa shape index (κ2) is 7.56. The van der Waals surface area contributed by atoms with Gasteiger partial charge in [0.1, 0.15) is 11.6 Å². The van der Waals surface area contributed by atoms with E-state index in [0.717, 1.165) is 4.88 Å². The molecule has 0 aliphatic carbocycles. The fourth-order valence-electron chi connectivity index (χ4n) is 2.11. The largest absolute Gasteiger partial charge is 0.484 e. The van der Waals surface area contributed by atoms with Gasteiger partial charge in [-0.1, -0.05) is 30.3 Å². The Hall–Kier alpha value is -2.66. The third-order valence-corrected chi connectivity index (χ3v) is 4.09. The molecule has 3 rings (SSSR count). The highest BCUT2D eigenvalue weighted by Gasteiger charge is 2.18. The van der Waals surface area contributed by atoms with E-state index in [9.17, 15) is 4.79 Å². The van der Waals surface area contributed by atoms with Crippen molar-refractivity contribution in [3.8, 4) is 5.75 Å². The topological polar surface area (TPSA) is 42.4 Å². The second-order valence-corrected chi connectivity index (χ2v) is 5.88. The van der Waals surface area contributed by atoms with Crippen LogP contribution in [-0.2, 0) is 11.3 Å². The van der Waals surface area contributed by atoms with Gasteiger partial charge in [-0.15, -0.1) is 11.3 Å². The molecule has 116 valence electrons. The van der Waals surface area contributed by atoms with Crippen molar-refractivity contribution in [2.24, 2.45) is 0 Å². The summed E-state index contributed by atoms with van der Waals surface area (Å²) < 4.78 is 5.57. The molecule has 23 heavy (non-hydrogen) atoms. The number of amides is 1. The molecule has 0 aliphatic heterocycles. The molecule has 0 aliphatic rings. The Kier molecular flexibility index (Phi) is 5.01. The van der Waals surface area contributed by atoms with E-state index in [1.54, 1.807) is 22.4 Å². The summed E-state index contributed by atoms with van der Waals surface area (Å²) >= 11 is 1.62. The molecule has 2 heterocycles. The highest BCUT2D eigenvalue weighted by atomic mass is 32.1. The van der Waals surface area contributed by atoms with Crippen LogP contribution in [-0.4, -0.2) is 17.5 Å². The summed E-state index contributed by atoms with van der Waals surface area (Å²) in [5, 5.41) is 2.00. The molecule has 0 atom stereocenters. The van der Waals surface area contributed by atoms with Gasteiger partial charge in [0, 0.05) is 11.1 Å². The number of nitrogens with zero attached hydrogens (tertiary/aromatic N) is 2. The molecule has 5 heteroatoms. The number of ether oxygens (including phenoxy) is 1. The number of carbonyl (C=O) groups is 1. The number of hydrogen-bond donors (Lipinski definition) is 0. The van der Waals surface area contributed by atoms with Crippen molar-refractivity contribution in [3.05, 3.63) is 77.1 Å². The molecule has 1 aromatic carbocycles. The van der Waals surface area contributed by atoms with Crippen LogP contribution in [0.2, 0.25) is 0 Å². The van der Waals surface area contributed by atoms with E-state index in [2.05, 4.69) is 4.98 Å². The lowest BCUT2D eigenvalue weighted by atomic mass is 10.3. The van der Waals surface area contributed by atoms with Crippen molar-refractivity contribution in [2.75, 3.05) is 11.5 Å². The maximum Gasteiger partial charge on any atom is 0.266 e. The van der Waals surface area contributed by atoms with Crippen LogP contribution in [0.1, 0.15) is 4.88 Å². The standard InChI is InChI=1S/C18H16N2O2S/c21-18(14-22-15-7-2-1-3-8-15)20(13-16-9-6-12-23-16)17-10-4-5-11-19-17/h1-12H,13-14H2. The lowest BCUT2D eigenvalue weighted by Crippen LogP contribution is -2.34. The van der Waals surface area contributed by atoms with Gasteiger partial charge in [0.15, 0.2) is 6.61 Å². The van der Waals surface area contributed by atoms with Crippen LogP contribution in [0.5, 0.6) is 5.75 Å². The molecule has 0 saturated carbocycles. The molecular formula is C18H16N2O2S. The summed E-state index contributed by atoms with van der Waals surface area (Å²) in [5.41, 5.74) is 0. The summed E-state index contributed by atoms with van der Waals surface area (Å²) in [6.07, 6.45) is 1.68. The summed E-state index contributed by atoms with van der Waals surface area (Å²) in [7, 11) is 0. The predicted molar refractivity (Wildman–Crippen MR) is 91.7 cm³/mol. The smallest absolute Gasteiger partial charge is 0.266 e. The van der Waals surface area contributed by atoms with E-state index in [4.69, 9.17) is 4.74 Å². The van der Waals surface area contributed by atoms with Crippen molar-refractivity contribution in [1.82, 2.24) is 4.98 Å². The first kappa shape index (κ1) is 15.2. The van der Waals surface area contributed by atoms with E-state index in [1.807, 2.05) is 66.0 Å². The van der Waals surface area contributed by atoms with Crippen LogP contribution in [0, 0.1) is 0 Å². The normalized spacial score (nSPS) is 10.3. The maximum atomic E-state index is 12.6. The third kappa shape index (κ3) is 4.17.